The smallest absolute Gasteiger partial charge is 0.223 e. The van der Waals surface area contributed by atoms with Crippen molar-refractivity contribution in [2.45, 2.75) is 6.92 Å². The van der Waals surface area contributed by atoms with Crippen LogP contribution in [0.25, 0.3) is 11.5 Å². The van der Waals surface area contributed by atoms with Crippen LogP contribution in [0.1, 0.15) is 5.82 Å². The Balaban J connectivity index is 2.50. The van der Waals surface area contributed by atoms with Gasteiger partial charge in [0.05, 0.1) is 0 Å². The maximum atomic E-state index is 4.13. The number of pyridine rings is 1. The Bertz CT molecular complexity index is 442. The van der Waals surface area contributed by atoms with Gasteiger partial charge in [-0.05, 0) is 35.0 Å². The number of hydrogen-bond acceptors (Lipinski definition) is 5. The third-order valence-electron chi connectivity index (χ3n) is 1.55. The number of aromatic nitrogens is 5. The van der Waals surface area contributed by atoms with Crippen LogP contribution in [-0.2, 0) is 0 Å². The van der Waals surface area contributed by atoms with Crippen LogP contribution in [-0.4, -0.2) is 25.4 Å². The molecule has 2 heterocycles. The molecular weight excluding hydrogens is 246 g/mol. The average Bonchev–Trinajstić information content (AvgIpc) is 2.20. The Hall–Kier alpha value is -1.43. The third-order valence-corrected chi connectivity index (χ3v) is 2.19. The number of hydrogen-bond donors (Lipinski definition) is 0. The molecule has 2 aromatic rings. The van der Waals surface area contributed by atoms with E-state index < -0.39 is 0 Å². The summed E-state index contributed by atoms with van der Waals surface area (Å²) in [6.45, 7) is 1.73. The van der Waals surface area contributed by atoms with Crippen LogP contribution < -0.4 is 0 Å². The van der Waals surface area contributed by atoms with Gasteiger partial charge in [-0.25, -0.2) is 0 Å². The zero-order valence-corrected chi connectivity index (χ0v) is 8.93. The summed E-state index contributed by atoms with van der Waals surface area (Å²) in [7, 11) is 0. The van der Waals surface area contributed by atoms with Gasteiger partial charge in [0.15, 0.2) is 5.82 Å². The average molecular weight is 252 g/mol. The molecule has 0 amide bonds. The molecule has 0 aromatic carbocycles. The van der Waals surface area contributed by atoms with Gasteiger partial charge in [0.2, 0.25) is 5.82 Å². The van der Waals surface area contributed by atoms with Crippen molar-refractivity contribution in [3.05, 3.63) is 28.6 Å². The molecule has 0 N–H and O–H groups in total. The van der Waals surface area contributed by atoms with E-state index in [9.17, 15) is 0 Å². The molecule has 6 heteroatoms. The first kappa shape index (κ1) is 9.14. The topological polar surface area (TPSA) is 64.5 Å². The number of nitrogens with zero attached hydrogens (tertiary/aromatic N) is 5. The summed E-state index contributed by atoms with van der Waals surface area (Å²) in [5, 5.41) is 15.4. The SMILES string of the molecule is Cc1nnc(-c2ncccc2Br)nn1. The zero-order valence-electron chi connectivity index (χ0n) is 7.35. The lowest BCUT2D eigenvalue weighted by Crippen LogP contribution is -2.00. The van der Waals surface area contributed by atoms with Gasteiger partial charge >= 0.3 is 0 Å². The first-order chi connectivity index (χ1) is 6.77. The molecule has 0 bridgehead atoms. The lowest BCUT2D eigenvalue weighted by Gasteiger charge is -1.98. The van der Waals surface area contributed by atoms with Crippen molar-refractivity contribution in [1.29, 1.82) is 0 Å². The quantitative estimate of drug-likeness (QED) is 0.767. The van der Waals surface area contributed by atoms with Gasteiger partial charge < -0.3 is 0 Å². The molecular formula is C8H6BrN5. The fraction of sp³-hybridized carbons (Fsp3) is 0.125. The van der Waals surface area contributed by atoms with E-state index in [4.69, 9.17) is 0 Å². The highest BCUT2D eigenvalue weighted by Gasteiger charge is 2.07. The van der Waals surface area contributed by atoms with E-state index >= 15 is 0 Å². The molecule has 0 radical (unpaired) electrons. The second-order valence-electron chi connectivity index (χ2n) is 2.60. The molecule has 0 saturated heterocycles. The molecule has 0 saturated carbocycles. The fourth-order valence-electron chi connectivity index (χ4n) is 0.924. The Morgan fingerprint density at radius 3 is 2.50 bits per heavy atom. The van der Waals surface area contributed by atoms with Gasteiger partial charge in [0.1, 0.15) is 5.69 Å². The molecule has 0 fully saturated rings. The van der Waals surface area contributed by atoms with E-state index in [1.807, 2.05) is 12.1 Å². The van der Waals surface area contributed by atoms with Crippen LogP contribution >= 0.6 is 15.9 Å². The van der Waals surface area contributed by atoms with E-state index in [1.165, 1.54) is 0 Å². The predicted molar refractivity (Wildman–Crippen MR) is 53.3 cm³/mol. The van der Waals surface area contributed by atoms with Crippen LogP contribution in [0.3, 0.4) is 0 Å². The van der Waals surface area contributed by atoms with Gasteiger partial charge in [0, 0.05) is 10.7 Å². The summed E-state index contributed by atoms with van der Waals surface area (Å²) in [5.74, 6) is 0.962. The summed E-state index contributed by atoms with van der Waals surface area (Å²) >= 11 is 3.35. The van der Waals surface area contributed by atoms with Crippen molar-refractivity contribution in [2.75, 3.05) is 0 Å². The second kappa shape index (κ2) is 3.75. The molecule has 2 aromatic heterocycles. The van der Waals surface area contributed by atoms with Crippen LogP contribution in [0.5, 0.6) is 0 Å². The molecule has 0 spiro atoms. The van der Waals surface area contributed by atoms with Gasteiger partial charge in [0.25, 0.3) is 0 Å². The number of aryl methyl sites for hydroxylation is 1. The summed E-state index contributed by atoms with van der Waals surface area (Å²) in [6.07, 6.45) is 1.67. The summed E-state index contributed by atoms with van der Waals surface area (Å²) in [4.78, 5) is 4.13. The van der Waals surface area contributed by atoms with Crippen LogP contribution in [0.15, 0.2) is 22.8 Å². The summed E-state index contributed by atoms with van der Waals surface area (Å²) in [5.41, 5.74) is 0.646. The Morgan fingerprint density at radius 1 is 1.14 bits per heavy atom. The lowest BCUT2D eigenvalue weighted by molar-refractivity contribution is 0.811. The van der Waals surface area contributed by atoms with Crippen LogP contribution in [0, 0.1) is 6.92 Å². The molecule has 0 aliphatic heterocycles. The molecule has 0 unspecified atom stereocenters. The molecule has 0 aliphatic carbocycles. The summed E-state index contributed by atoms with van der Waals surface area (Å²) < 4.78 is 0.826. The van der Waals surface area contributed by atoms with Gasteiger partial charge in [-0.2, -0.15) is 0 Å². The molecule has 5 nitrogen and oxygen atoms in total. The predicted octanol–water partition coefficient (Wildman–Crippen LogP) is 1.40. The lowest BCUT2D eigenvalue weighted by atomic mass is 10.3. The van der Waals surface area contributed by atoms with Gasteiger partial charge in [-0.1, -0.05) is 0 Å². The van der Waals surface area contributed by atoms with E-state index in [2.05, 4.69) is 41.3 Å². The van der Waals surface area contributed by atoms with E-state index in [0.717, 1.165) is 4.47 Å². The Labute approximate surface area is 88.8 Å². The molecule has 14 heavy (non-hydrogen) atoms. The maximum Gasteiger partial charge on any atom is 0.223 e. The first-order valence-electron chi connectivity index (χ1n) is 3.92. The summed E-state index contributed by atoms with van der Waals surface area (Å²) in [6, 6.07) is 3.69. The van der Waals surface area contributed by atoms with Crippen LogP contribution in [0.4, 0.5) is 0 Å². The van der Waals surface area contributed by atoms with Gasteiger partial charge in [-0.3, -0.25) is 4.98 Å². The van der Waals surface area contributed by atoms with E-state index in [0.29, 0.717) is 17.3 Å². The van der Waals surface area contributed by atoms with Crippen molar-refractivity contribution in [1.82, 2.24) is 25.4 Å². The monoisotopic (exact) mass is 251 g/mol. The zero-order chi connectivity index (χ0) is 9.97. The first-order valence-corrected chi connectivity index (χ1v) is 4.71. The highest BCUT2D eigenvalue weighted by atomic mass is 79.9. The van der Waals surface area contributed by atoms with Crippen molar-refractivity contribution < 1.29 is 0 Å². The van der Waals surface area contributed by atoms with E-state index in [-0.39, 0.29) is 0 Å². The number of halogens is 1. The fourth-order valence-corrected chi connectivity index (χ4v) is 1.36. The molecule has 2 rings (SSSR count). The largest absolute Gasteiger partial charge is 0.252 e. The number of rotatable bonds is 1. The molecule has 70 valence electrons. The minimum Gasteiger partial charge on any atom is -0.252 e. The minimum atomic E-state index is 0.420. The van der Waals surface area contributed by atoms with Gasteiger partial charge in [-0.15, -0.1) is 20.4 Å². The van der Waals surface area contributed by atoms with Crippen LogP contribution in [0.2, 0.25) is 0 Å². The standard InChI is InChI=1S/C8H6BrN5/c1-5-11-13-8(14-12-5)7-6(9)3-2-4-10-7/h2-4H,1H3. The van der Waals surface area contributed by atoms with Crippen molar-refractivity contribution in [2.24, 2.45) is 0 Å². The van der Waals surface area contributed by atoms with E-state index in [1.54, 1.807) is 13.1 Å². The Morgan fingerprint density at radius 2 is 1.86 bits per heavy atom. The highest BCUT2D eigenvalue weighted by Crippen LogP contribution is 2.20. The Kier molecular flexibility index (Phi) is 2.45. The molecule has 0 aliphatic rings. The normalized spacial score (nSPS) is 10.1. The minimum absolute atomic E-state index is 0.420. The molecule has 0 atom stereocenters. The second-order valence-corrected chi connectivity index (χ2v) is 3.46. The maximum absolute atomic E-state index is 4.13. The highest BCUT2D eigenvalue weighted by molar-refractivity contribution is 9.10. The van der Waals surface area contributed by atoms with Crippen molar-refractivity contribution in [3.8, 4) is 11.5 Å². The third kappa shape index (κ3) is 1.74. The van der Waals surface area contributed by atoms with Crippen molar-refractivity contribution >= 4 is 15.9 Å². The van der Waals surface area contributed by atoms with Crippen molar-refractivity contribution in [3.63, 3.8) is 0 Å².